The fraction of sp³-hybridized carbons (Fsp3) is 0.130. The summed E-state index contributed by atoms with van der Waals surface area (Å²) >= 11 is 0. The second-order valence-corrected chi connectivity index (χ2v) is 14.2. The zero-order chi connectivity index (χ0) is 34.9. The maximum absolute atomic E-state index is 12.6. The first-order valence-electron chi connectivity index (χ1n) is 17.4. The SMILES string of the molecule is Cn1c(=O)n(C)c2cc(-c3cccc(C4=CC(c5ccc6c(c5)C(C)(C)c5cc(-c7ccccc7)ccc5-6)=NC(c5ccccc5)[N-]4)c3)ccc21. The highest BCUT2D eigenvalue weighted by molar-refractivity contribution is 6.15. The molecule has 9 rings (SSSR count). The first kappa shape index (κ1) is 30.8. The Hall–Kier alpha value is -6.20. The van der Waals surface area contributed by atoms with E-state index in [0.29, 0.717) is 0 Å². The Balaban J connectivity index is 1.12. The van der Waals surface area contributed by atoms with Crippen LogP contribution in [0.5, 0.6) is 0 Å². The van der Waals surface area contributed by atoms with E-state index in [4.69, 9.17) is 10.3 Å². The summed E-state index contributed by atoms with van der Waals surface area (Å²) in [4.78, 5) is 17.9. The Labute approximate surface area is 297 Å². The van der Waals surface area contributed by atoms with Crippen molar-refractivity contribution in [1.29, 1.82) is 0 Å². The van der Waals surface area contributed by atoms with Crippen LogP contribution in [0.1, 0.15) is 47.8 Å². The predicted octanol–water partition coefficient (Wildman–Crippen LogP) is 10.4. The Bertz CT molecular complexity index is 2620. The molecule has 1 atom stereocenters. The average molecular weight is 662 g/mol. The summed E-state index contributed by atoms with van der Waals surface area (Å²) in [6.07, 6.45) is 1.76. The standard InChI is InChI=1S/C46H37N4O/c1-46(2)38-25-32(29-12-7-5-8-13-29)18-21-36(38)37-22-19-35(26-39(37)46)41-28-40(47-44(48-41)30-14-9-6-10-15-30)34-17-11-16-31(24-34)33-20-23-42-43(27-33)50(4)45(51)49(42)3/h5-28,44H,1-4H3/q-1. The third-order valence-corrected chi connectivity index (χ3v) is 10.7. The van der Waals surface area contributed by atoms with Crippen molar-refractivity contribution in [3.05, 3.63) is 189 Å². The number of benzene rings is 6. The number of fused-ring (bicyclic) bond motifs is 4. The van der Waals surface area contributed by atoms with Gasteiger partial charge in [0.05, 0.1) is 16.7 Å². The van der Waals surface area contributed by atoms with Crippen LogP contribution in [0.15, 0.2) is 155 Å². The van der Waals surface area contributed by atoms with Crippen molar-refractivity contribution >= 4 is 22.4 Å². The van der Waals surface area contributed by atoms with Gasteiger partial charge >= 0.3 is 5.69 Å². The normalized spacial score (nSPS) is 15.9. The molecule has 0 fully saturated rings. The molecule has 2 heterocycles. The largest absolute Gasteiger partial charge is 0.659 e. The molecule has 0 bridgehead atoms. The summed E-state index contributed by atoms with van der Waals surface area (Å²) in [5.41, 5.74) is 16.4. The van der Waals surface area contributed by atoms with Gasteiger partial charge in [0.25, 0.3) is 0 Å². The molecule has 1 unspecified atom stereocenters. The van der Waals surface area contributed by atoms with Crippen molar-refractivity contribution in [2.45, 2.75) is 25.4 Å². The first-order valence-corrected chi connectivity index (χ1v) is 17.4. The summed E-state index contributed by atoms with van der Waals surface area (Å²) in [6.45, 7) is 4.66. The topological polar surface area (TPSA) is 53.4 Å². The van der Waals surface area contributed by atoms with Crippen LogP contribution in [0.4, 0.5) is 0 Å². The van der Waals surface area contributed by atoms with Gasteiger partial charge in [0.1, 0.15) is 0 Å². The highest BCUT2D eigenvalue weighted by Gasteiger charge is 2.36. The van der Waals surface area contributed by atoms with E-state index in [1.165, 1.54) is 33.4 Å². The van der Waals surface area contributed by atoms with E-state index in [9.17, 15) is 4.79 Å². The molecule has 2 aliphatic rings. The van der Waals surface area contributed by atoms with Crippen molar-refractivity contribution in [3.63, 3.8) is 0 Å². The van der Waals surface area contributed by atoms with Crippen molar-refractivity contribution in [2.75, 3.05) is 0 Å². The lowest BCUT2D eigenvalue weighted by atomic mass is 9.81. The maximum Gasteiger partial charge on any atom is 0.328 e. The molecule has 0 radical (unpaired) electrons. The molecule has 7 aromatic rings. The predicted molar refractivity (Wildman–Crippen MR) is 210 cm³/mol. The van der Waals surface area contributed by atoms with Gasteiger partial charge in [-0.05, 0) is 91.5 Å². The molecule has 1 aliphatic carbocycles. The molecule has 5 heteroatoms. The molecule has 0 amide bonds. The van der Waals surface area contributed by atoms with Gasteiger partial charge in [-0.25, -0.2) is 4.79 Å². The lowest BCUT2D eigenvalue weighted by Gasteiger charge is -2.37. The van der Waals surface area contributed by atoms with Crippen LogP contribution in [0.3, 0.4) is 0 Å². The number of hydrogen-bond acceptors (Lipinski definition) is 2. The van der Waals surface area contributed by atoms with Crippen LogP contribution in [0.25, 0.3) is 55.4 Å². The highest BCUT2D eigenvalue weighted by atomic mass is 16.1. The minimum Gasteiger partial charge on any atom is -0.659 e. The molecule has 5 nitrogen and oxygen atoms in total. The van der Waals surface area contributed by atoms with Crippen LogP contribution >= 0.6 is 0 Å². The smallest absolute Gasteiger partial charge is 0.328 e. The highest BCUT2D eigenvalue weighted by Crippen LogP contribution is 2.50. The number of aryl methyl sites for hydroxylation is 2. The Morgan fingerprint density at radius 2 is 1.14 bits per heavy atom. The van der Waals surface area contributed by atoms with Crippen molar-refractivity contribution in [1.82, 2.24) is 9.13 Å². The quantitative estimate of drug-likeness (QED) is 0.181. The molecule has 248 valence electrons. The Morgan fingerprint density at radius 1 is 0.569 bits per heavy atom. The van der Waals surface area contributed by atoms with E-state index in [2.05, 4.69) is 135 Å². The number of aliphatic imine (C=N–C) groups is 1. The summed E-state index contributed by atoms with van der Waals surface area (Å²) in [6, 6.07) is 49.3. The van der Waals surface area contributed by atoms with Crippen LogP contribution in [-0.2, 0) is 19.5 Å². The Kier molecular flexibility index (Phi) is 7.07. The molecular formula is C46H37N4O-. The Morgan fingerprint density at radius 3 is 1.88 bits per heavy atom. The van der Waals surface area contributed by atoms with Crippen LogP contribution in [-0.4, -0.2) is 14.8 Å². The van der Waals surface area contributed by atoms with Gasteiger partial charge in [-0.1, -0.05) is 129 Å². The molecule has 51 heavy (non-hydrogen) atoms. The van der Waals surface area contributed by atoms with Gasteiger partial charge < -0.3 is 5.32 Å². The minimum absolute atomic E-state index is 0.0309. The van der Waals surface area contributed by atoms with Crippen LogP contribution in [0, 0.1) is 0 Å². The average Bonchev–Trinajstić information content (AvgIpc) is 3.54. The fourth-order valence-electron chi connectivity index (χ4n) is 7.84. The van der Waals surface area contributed by atoms with Gasteiger partial charge in [-0.2, -0.15) is 0 Å². The maximum atomic E-state index is 12.6. The molecule has 0 saturated heterocycles. The molecule has 0 N–H and O–H groups in total. The van der Waals surface area contributed by atoms with Gasteiger partial charge in [-0.3, -0.25) is 14.1 Å². The first-order chi connectivity index (χ1) is 24.8. The number of allylic oxidation sites excluding steroid dienone is 1. The van der Waals surface area contributed by atoms with Gasteiger partial charge in [0.2, 0.25) is 0 Å². The number of aromatic nitrogens is 2. The van der Waals surface area contributed by atoms with E-state index in [0.717, 1.165) is 50.3 Å². The summed E-state index contributed by atoms with van der Waals surface area (Å²) in [7, 11) is 3.63. The summed E-state index contributed by atoms with van der Waals surface area (Å²) in [5, 5.41) is 5.21. The number of nitrogens with zero attached hydrogens (tertiary/aromatic N) is 4. The zero-order valence-electron chi connectivity index (χ0n) is 29.1. The second kappa shape index (κ2) is 11.7. The van der Waals surface area contributed by atoms with Crippen molar-refractivity contribution in [3.8, 4) is 33.4 Å². The van der Waals surface area contributed by atoms with E-state index in [-0.39, 0.29) is 17.3 Å². The van der Waals surface area contributed by atoms with Gasteiger partial charge in [-0.15, -0.1) is 5.70 Å². The fourth-order valence-corrected chi connectivity index (χ4v) is 7.84. The van der Waals surface area contributed by atoms with Crippen LogP contribution in [0.2, 0.25) is 0 Å². The summed E-state index contributed by atoms with van der Waals surface area (Å²) < 4.78 is 3.39. The number of hydrogen-bond donors (Lipinski definition) is 0. The molecule has 1 aromatic heterocycles. The van der Waals surface area contributed by atoms with E-state index < -0.39 is 0 Å². The number of rotatable bonds is 5. The van der Waals surface area contributed by atoms with E-state index >= 15 is 0 Å². The lowest BCUT2D eigenvalue weighted by Crippen LogP contribution is -2.19. The summed E-state index contributed by atoms with van der Waals surface area (Å²) in [5.74, 6) is 0. The molecule has 6 aromatic carbocycles. The van der Waals surface area contributed by atoms with E-state index in [1.807, 2.05) is 38.4 Å². The second-order valence-electron chi connectivity index (χ2n) is 14.2. The van der Waals surface area contributed by atoms with Gasteiger partial charge in [0, 0.05) is 25.7 Å². The zero-order valence-corrected chi connectivity index (χ0v) is 29.1. The lowest BCUT2D eigenvalue weighted by molar-refractivity contribution is 0.660. The third kappa shape index (κ3) is 5.07. The van der Waals surface area contributed by atoms with Gasteiger partial charge in [0.15, 0.2) is 0 Å². The van der Waals surface area contributed by atoms with Crippen molar-refractivity contribution in [2.24, 2.45) is 19.1 Å². The monoisotopic (exact) mass is 661 g/mol. The molecule has 0 saturated carbocycles. The molecule has 1 aliphatic heterocycles. The molecular weight excluding hydrogens is 625 g/mol. The van der Waals surface area contributed by atoms with Crippen molar-refractivity contribution < 1.29 is 0 Å². The third-order valence-electron chi connectivity index (χ3n) is 10.7. The van der Waals surface area contributed by atoms with Crippen LogP contribution < -0.4 is 5.69 Å². The minimum atomic E-state index is -0.369. The molecule has 0 spiro atoms. The van der Waals surface area contributed by atoms with E-state index in [1.54, 1.807) is 9.13 Å². The number of imidazole rings is 1.